The number of aromatic nitrogens is 2. The fourth-order valence-corrected chi connectivity index (χ4v) is 1.43. The molecule has 0 saturated heterocycles. The maximum atomic E-state index is 13.6. The lowest BCUT2D eigenvalue weighted by Gasteiger charge is -2.09. The van der Waals surface area contributed by atoms with Crippen molar-refractivity contribution in [2.24, 2.45) is 0 Å². The van der Waals surface area contributed by atoms with Crippen LogP contribution in [0.4, 0.5) is 10.1 Å². The number of anilines is 1. The molecule has 2 N–H and O–H groups in total. The van der Waals surface area contributed by atoms with Gasteiger partial charge in [-0.2, -0.15) is 0 Å². The highest BCUT2D eigenvalue weighted by atomic mass is 19.1. The quantitative estimate of drug-likeness (QED) is 0.829. The van der Waals surface area contributed by atoms with E-state index in [-0.39, 0.29) is 11.6 Å². The van der Waals surface area contributed by atoms with Gasteiger partial charge in [0, 0.05) is 11.8 Å². The van der Waals surface area contributed by atoms with Crippen molar-refractivity contribution in [3.05, 3.63) is 41.1 Å². The molecule has 5 heteroatoms. The second-order valence-corrected chi connectivity index (χ2v) is 4.12. The molecule has 0 amide bonds. The molecule has 2 aromatic rings. The van der Waals surface area contributed by atoms with Gasteiger partial charge in [0.2, 0.25) is 5.88 Å². The maximum absolute atomic E-state index is 13.6. The largest absolute Gasteiger partial charge is 0.434 e. The van der Waals surface area contributed by atoms with E-state index in [2.05, 4.69) is 9.97 Å². The zero-order chi connectivity index (χ0) is 13.3. The predicted octanol–water partition coefficient (Wildman–Crippen LogP) is 2.92. The van der Waals surface area contributed by atoms with Crippen LogP contribution in [0.3, 0.4) is 0 Å². The van der Waals surface area contributed by atoms with Gasteiger partial charge in [-0.05, 0) is 32.4 Å². The Morgan fingerprint density at radius 3 is 2.56 bits per heavy atom. The van der Waals surface area contributed by atoms with Gasteiger partial charge >= 0.3 is 0 Å². The Bertz CT molecular complexity index is 599. The highest BCUT2D eigenvalue weighted by Crippen LogP contribution is 2.27. The zero-order valence-electron chi connectivity index (χ0n) is 10.5. The normalized spacial score (nSPS) is 10.4. The van der Waals surface area contributed by atoms with Crippen molar-refractivity contribution >= 4 is 5.69 Å². The van der Waals surface area contributed by atoms with Crippen molar-refractivity contribution in [3.63, 3.8) is 0 Å². The van der Waals surface area contributed by atoms with E-state index >= 15 is 0 Å². The third-order valence-electron chi connectivity index (χ3n) is 2.71. The lowest BCUT2D eigenvalue weighted by atomic mass is 10.2. The maximum Gasteiger partial charge on any atom is 0.238 e. The number of ether oxygens (including phenoxy) is 1. The molecule has 0 aliphatic heterocycles. The van der Waals surface area contributed by atoms with Gasteiger partial charge in [-0.1, -0.05) is 0 Å². The minimum Gasteiger partial charge on any atom is -0.434 e. The average molecular weight is 247 g/mol. The number of halogens is 1. The third-order valence-corrected chi connectivity index (χ3v) is 2.71. The molecular weight excluding hydrogens is 233 g/mol. The second-order valence-electron chi connectivity index (χ2n) is 4.12. The number of benzene rings is 1. The summed E-state index contributed by atoms with van der Waals surface area (Å²) < 4.78 is 19.0. The summed E-state index contributed by atoms with van der Waals surface area (Å²) in [7, 11) is 0. The number of nitrogen functional groups attached to an aromatic ring is 1. The van der Waals surface area contributed by atoms with Crippen LogP contribution in [0, 0.1) is 26.6 Å². The molecular formula is C13H14FN3O. The molecule has 0 radical (unpaired) electrons. The highest BCUT2D eigenvalue weighted by molar-refractivity contribution is 5.50. The van der Waals surface area contributed by atoms with Crippen molar-refractivity contribution in [2.45, 2.75) is 20.8 Å². The van der Waals surface area contributed by atoms with Crippen LogP contribution in [0.15, 0.2) is 18.3 Å². The lowest BCUT2D eigenvalue weighted by molar-refractivity contribution is 0.424. The Morgan fingerprint density at radius 1 is 1.17 bits per heavy atom. The molecule has 2 rings (SSSR count). The highest BCUT2D eigenvalue weighted by Gasteiger charge is 2.09. The SMILES string of the molecule is Cc1cc(Oc2cnc(C)c(C)n2)c(F)cc1N. The second kappa shape index (κ2) is 4.60. The summed E-state index contributed by atoms with van der Waals surface area (Å²) in [5.41, 5.74) is 8.32. The number of rotatable bonds is 2. The summed E-state index contributed by atoms with van der Waals surface area (Å²) in [6.45, 7) is 5.45. The third kappa shape index (κ3) is 2.40. The topological polar surface area (TPSA) is 61.0 Å². The molecule has 0 atom stereocenters. The van der Waals surface area contributed by atoms with E-state index in [1.54, 1.807) is 13.0 Å². The summed E-state index contributed by atoms with van der Waals surface area (Å²) in [5, 5.41) is 0. The lowest BCUT2D eigenvalue weighted by Crippen LogP contribution is -1.98. The van der Waals surface area contributed by atoms with Crippen LogP contribution < -0.4 is 10.5 Å². The molecule has 18 heavy (non-hydrogen) atoms. The molecule has 94 valence electrons. The monoisotopic (exact) mass is 247 g/mol. The van der Waals surface area contributed by atoms with Gasteiger partial charge in [0.05, 0.1) is 17.6 Å². The van der Waals surface area contributed by atoms with Gasteiger partial charge in [0.1, 0.15) is 0 Å². The number of hydrogen-bond acceptors (Lipinski definition) is 4. The van der Waals surface area contributed by atoms with Crippen molar-refractivity contribution in [1.29, 1.82) is 0 Å². The summed E-state index contributed by atoms with van der Waals surface area (Å²) in [6.07, 6.45) is 1.47. The first-order chi connectivity index (χ1) is 8.47. The van der Waals surface area contributed by atoms with Crippen LogP contribution in [0.5, 0.6) is 11.6 Å². The predicted molar refractivity (Wildman–Crippen MR) is 67.1 cm³/mol. The fourth-order valence-electron chi connectivity index (χ4n) is 1.43. The van der Waals surface area contributed by atoms with Crippen LogP contribution >= 0.6 is 0 Å². The van der Waals surface area contributed by atoms with Crippen molar-refractivity contribution < 1.29 is 9.13 Å². The summed E-state index contributed by atoms with van der Waals surface area (Å²) >= 11 is 0. The van der Waals surface area contributed by atoms with E-state index in [1.807, 2.05) is 13.8 Å². The first-order valence-corrected chi connectivity index (χ1v) is 5.51. The Morgan fingerprint density at radius 2 is 1.89 bits per heavy atom. The van der Waals surface area contributed by atoms with E-state index in [0.29, 0.717) is 5.69 Å². The number of hydrogen-bond donors (Lipinski definition) is 1. The smallest absolute Gasteiger partial charge is 0.238 e. The van der Waals surface area contributed by atoms with Crippen LogP contribution in [0.1, 0.15) is 17.0 Å². The van der Waals surface area contributed by atoms with Gasteiger partial charge in [0.15, 0.2) is 11.6 Å². The van der Waals surface area contributed by atoms with Crippen molar-refractivity contribution in [1.82, 2.24) is 9.97 Å². The Hall–Kier alpha value is -2.17. The number of nitrogens with two attached hydrogens (primary N) is 1. The molecule has 4 nitrogen and oxygen atoms in total. The van der Waals surface area contributed by atoms with Crippen molar-refractivity contribution in [3.8, 4) is 11.6 Å². The van der Waals surface area contributed by atoms with Crippen LogP contribution in [-0.4, -0.2) is 9.97 Å². The zero-order valence-corrected chi connectivity index (χ0v) is 10.5. The summed E-state index contributed by atoms with van der Waals surface area (Å²) in [6, 6.07) is 2.78. The Labute approximate surface area is 105 Å². The van der Waals surface area contributed by atoms with E-state index in [1.165, 1.54) is 12.3 Å². The molecule has 0 aliphatic rings. The van der Waals surface area contributed by atoms with Crippen LogP contribution in [0.25, 0.3) is 0 Å². The molecule has 1 aromatic heterocycles. The summed E-state index contributed by atoms with van der Waals surface area (Å²) in [4.78, 5) is 8.29. The van der Waals surface area contributed by atoms with Crippen molar-refractivity contribution in [2.75, 3.05) is 5.73 Å². The number of nitrogens with zero attached hydrogens (tertiary/aromatic N) is 2. The Balaban J connectivity index is 2.34. The minimum atomic E-state index is -0.516. The molecule has 0 unspecified atom stereocenters. The van der Waals surface area contributed by atoms with Gasteiger partial charge in [0.25, 0.3) is 0 Å². The number of aryl methyl sites for hydroxylation is 3. The van der Waals surface area contributed by atoms with Crippen LogP contribution in [0.2, 0.25) is 0 Å². The van der Waals surface area contributed by atoms with E-state index in [0.717, 1.165) is 17.0 Å². The van der Waals surface area contributed by atoms with E-state index < -0.39 is 5.82 Å². The van der Waals surface area contributed by atoms with Gasteiger partial charge in [-0.25, -0.2) is 9.37 Å². The van der Waals surface area contributed by atoms with Gasteiger partial charge < -0.3 is 10.5 Å². The molecule has 0 aliphatic carbocycles. The van der Waals surface area contributed by atoms with Crippen LogP contribution in [-0.2, 0) is 0 Å². The molecule has 0 saturated carbocycles. The fraction of sp³-hybridized carbons (Fsp3) is 0.231. The minimum absolute atomic E-state index is 0.0965. The van der Waals surface area contributed by atoms with E-state index in [4.69, 9.17) is 10.5 Å². The molecule has 0 bridgehead atoms. The molecule has 0 fully saturated rings. The van der Waals surface area contributed by atoms with Gasteiger partial charge in [-0.3, -0.25) is 4.98 Å². The Kier molecular flexibility index (Phi) is 3.14. The van der Waals surface area contributed by atoms with E-state index in [9.17, 15) is 4.39 Å². The van der Waals surface area contributed by atoms with Gasteiger partial charge in [-0.15, -0.1) is 0 Å². The standard InChI is InChI=1S/C13H14FN3O/c1-7-4-12(10(14)5-11(7)15)18-13-6-16-8(2)9(3)17-13/h4-6H,15H2,1-3H3. The molecule has 1 heterocycles. The summed E-state index contributed by atoms with van der Waals surface area (Å²) in [5.74, 6) is -0.154. The molecule has 0 spiro atoms. The first kappa shape index (κ1) is 12.3. The average Bonchev–Trinajstić information content (AvgIpc) is 2.31. The first-order valence-electron chi connectivity index (χ1n) is 5.51. The molecule has 1 aromatic carbocycles.